The van der Waals surface area contributed by atoms with Crippen LogP contribution in [0.25, 0.3) is 0 Å². The molecule has 0 aliphatic carbocycles. The van der Waals surface area contributed by atoms with E-state index in [4.69, 9.17) is 11.6 Å². The molecule has 1 unspecified atom stereocenters. The van der Waals surface area contributed by atoms with Crippen LogP contribution in [0.3, 0.4) is 0 Å². The number of benzene rings is 2. The molecule has 2 aliphatic heterocycles. The van der Waals surface area contributed by atoms with Crippen molar-refractivity contribution in [2.45, 2.75) is 39.3 Å². The number of rotatable bonds is 6. The predicted octanol–water partition coefficient (Wildman–Crippen LogP) is 2.75. The summed E-state index contributed by atoms with van der Waals surface area (Å²) >= 11 is 6.10. The van der Waals surface area contributed by atoms with Gasteiger partial charge in [0.05, 0.1) is 0 Å². The first-order valence-electron chi connectivity index (χ1n) is 11.2. The number of anilines is 2. The number of carbonyl (C=O) groups excluding carboxylic acids is 5. The number of imide groups is 2. The highest BCUT2D eigenvalue weighted by Gasteiger charge is 2.42. The van der Waals surface area contributed by atoms with Gasteiger partial charge in [-0.2, -0.15) is 0 Å². The fraction of sp³-hybridized carbons (Fsp3) is 0.240. The van der Waals surface area contributed by atoms with E-state index in [0.29, 0.717) is 16.4 Å². The van der Waals surface area contributed by atoms with Gasteiger partial charge >= 0.3 is 6.03 Å². The van der Waals surface area contributed by atoms with Crippen LogP contribution in [-0.2, 0) is 25.7 Å². The van der Waals surface area contributed by atoms with Gasteiger partial charge in [-0.3, -0.25) is 29.4 Å². The summed E-state index contributed by atoms with van der Waals surface area (Å²) in [5.74, 6) is -2.37. The summed E-state index contributed by atoms with van der Waals surface area (Å²) in [5.41, 5.74) is 3.64. The Hall–Kier alpha value is -4.18. The number of nitrogens with one attached hydrogen (secondary N) is 4. The molecule has 1 fully saturated rings. The molecule has 1 saturated heterocycles. The van der Waals surface area contributed by atoms with Crippen molar-refractivity contribution in [2.75, 3.05) is 10.6 Å². The number of aryl methyl sites for hydroxylation is 2. The maximum atomic E-state index is 12.9. The molecule has 4 rings (SSSR count). The molecule has 2 aliphatic rings. The zero-order valence-electron chi connectivity index (χ0n) is 19.6. The molecule has 2 heterocycles. The van der Waals surface area contributed by atoms with E-state index in [2.05, 4.69) is 21.3 Å². The van der Waals surface area contributed by atoms with Crippen LogP contribution < -0.4 is 21.3 Å². The summed E-state index contributed by atoms with van der Waals surface area (Å²) in [6.07, 6.45) is 1.27. The molecule has 4 N–H and O–H groups in total. The lowest BCUT2D eigenvalue weighted by atomic mass is 10.0. The summed E-state index contributed by atoms with van der Waals surface area (Å²) in [6.45, 7) is 3.93. The Morgan fingerprint density at radius 2 is 1.86 bits per heavy atom. The van der Waals surface area contributed by atoms with Crippen molar-refractivity contribution in [2.24, 2.45) is 0 Å². The van der Waals surface area contributed by atoms with Crippen molar-refractivity contribution >= 4 is 52.6 Å². The van der Waals surface area contributed by atoms with E-state index >= 15 is 0 Å². The molecule has 2 aromatic rings. The zero-order valence-corrected chi connectivity index (χ0v) is 20.4. The molecule has 0 spiro atoms. The van der Waals surface area contributed by atoms with Gasteiger partial charge in [0.2, 0.25) is 11.8 Å². The molecule has 0 aromatic heterocycles. The topological polar surface area (TPSA) is 137 Å². The van der Waals surface area contributed by atoms with E-state index in [1.165, 1.54) is 0 Å². The van der Waals surface area contributed by atoms with E-state index in [-0.39, 0.29) is 25.1 Å². The monoisotopic (exact) mass is 509 g/mol. The molecule has 0 saturated carbocycles. The van der Waals surface area contributed by atoms with Crippen molar-refractivity contribution in [3.05, 3.63) is 69.9 Å². The van der Waals surface area contributed by atoms with Gasteiger partial charge in [-0.1, -0.05) is 23.7 Å². The summed E-state index contributed by atoms with van der Waals surface area (Å²) in [4.78, 5) is 62.1. The number of amides is 6. The van der Waals surface area contributed by atoms with Crippen LogP contribution in [0.5, 0.6) is 0 Å². The van der Waals surface area contributed by atoms with Gasteiger partial charge in [-0.15, -0.1) is 0 Å². The fourth-order valence-electron chi connectivity index (χ4n) is 4.02. The Morgan fingerprint density at radius 3 is 2.58 bits per heavy atom. The molecule has 186 valence electrons. The van der Waals surface area contributed by atoms with Crippen molar-refractivity contribution in [3.63, 3.8) is 0 Å². The number of urea groups is 1. The maximum Gasteiger partial charge on any atom is 0.319 e. The van der Waals surface area contributed by atoms with Gasteiger partial charge in [-0.25, -0.2) is 4.79 Å². The molecule has 0 radical (unpaired) electrons. The smallest absolute Gasteiger partial charge is 0.319 e. The number of hydrogen-bond donors (Lipinski definition) is 4. The summed E-state index contributed by atoms with van der Waals surface area (Å²) in [7, 11) is 0. The Morgan fingerprint density at radius 1 is 1.08 bits per heavy atom. The quantitative estimate of drug-likeness (QED) is 0.442. The second-order valence-corrected chi connectivity index (χ2v) is 9.05. The van der Waals surface area contributed by atoms with E-state index < -0.39 is 35.7 Å². The third kappa shape index (κ3) is 5.55. The fourth-order valence-corrected chi connectivity index (χ4v) is 4.20. The molecule has 6 amide bonds. The van der Waals surface area contributed by atoms with Crippen molar-refractivity contribution in [3.8, 4) is 0 Å². The van der Waals surface area contributed by atoms with Gasteiger partial charge in [0.25, 0.3) is 11.8 Å². The van der Waals surface area contributed by atoms with Gasteiger partial charge in [-0.05, 0) is 61.2 Å². The second kappa shape index (κ2) is 10.2. The van der Waals surface area contributed by atoms with Gasteiger partial charge in [0.15, 0.2) is 0 Å². The van der Waals surface area contributed by atoms with Crippen LogP contribution in [0.15, 0.2) is 48.2 Å². The SMILES string of the molecule is Cc1cc(CNC(=O)Nc2ccc(C)c(Cl)c2)cc(NC2=CC(=O)N(C3CCC(=O)NC3=O)C2=O)c1. The van der Waals surface area contributed by atoms with E-state index in [1.807, 2.05) is 26.0 Å². The molecule has 10 nitrogen and oxygen atoms in total. The Bertz CT molecular complexity index is 1320. The average Bonchev–Trinajstić information content (AvgIpc) is 3.07. The molecular formula is C25H24ClN5O5. The van der Waals surface area contributed by atoms with Gasteiger partial charge < -0.3 is 16.0 Å². The van der Waals surface area contributed by atoms with E-state index in [1.54, 1.807) is 24.3 Å². The Kier molecular flexibility index (Phi) is 7.07. The minimum atomic E-state index is -1.03. The lowest BCUT2D eigenvalue weighted by molar-refractivity contribution is -0.149. The molecule has 0 bridgehead atoms. The van der Waals surface area contributed by atoms with E-state index in [0.717, 1.165) is 27.7 Å². The van der Waals surface area contributed by atoms with Crippen LogP contribution in [0.4, 0.5) is 16.2 Å². The Labute approximate surface area is 212 Å². The lowest BCUT2D eigenvalue weighted by Gasteiger charge is -2.28. The normalized spacial score (nSPS) is 17.6. The summed E-state index contributed by atoms with van der Waals surface area (Å²) in [5, 5.41) is 11.1. The van der Waals surface area contributed by atoms with Crippen molar-refractivity contribution in [1.29, 1.82) is 0 Å². The minimum Gasteiger partial charge on any atom is -0.351 e. The average molecular weight is 510 g/mol. The number of piperidine rings is 1. The third-order valence-electron chi connectivity index (χ3n) is 5.78. The van der Waals surface area contributed by atoms with Crippen LogP contribution in [0, 0.1) is 13.8 Å². The molecule has 1 atom stereocenters. The number of halogens is 1. The maximum absolute atomic E-state index is 12.9. The first-order chi connectivity index (χ1) is 17.1. The second-order valence-electron chi connectivity index (χ2n) is 8.64. The van der Waals surface area contributed by atoms with E-state index in [9.17, 15) is 24.0 Å². The number of hydrogen-bond acceptors (Lipinski definition) is 6. The molecule has 2 aromatic carbocycles. The number of nitrogens with zero attached hydrogens (tertiary/aromatic N) is 1. The zero-order chi connectivity index (χ0) is 26.0. The lowest BCUT2D eigenvalue weighted by Crippen LogP contribution is -2.54. The van der Waals surface area contributed by atoms with Gasteiger partial charge in [0.1, 0.15) is 11.7 Å². The highest BCUT2D eigenvalue weighted by atomic mass is 35.5. The van der Waals surface area contributed by atoms with Crippen molar-refractivity contribution < 1.29 is 24.0 Å². The van der Waals surface area contributed by atoms with Crippen LogP contribution in [0.2, 0.25) is 5.02 Å². The van der Waals surface area contributed by atoms with Crippen LogP contribution in [-0.4, -0.2) is 40.6 Å². The summed E-state index contributed by atoms with van der Waals surface area (Å²) in [6, 6.07) is 9.18. The minimum absolute atomic E-state index is 0.0169. The first kappa shape index (κ1) is 24.9. The summed E-state index contributed by atoms with van der Waals surface area (Å²) < 4.78 is 0. The highest BCUT2D eigenvalue weighted by molar-refractivity contribution is 6.31. The molecule has 11 heteroatoms. The Balaban J connectivity index is 1.39. The van der Waals surface area contributed by atoms with Crippen LogP contribution in [0.1, 0.15) is 29.5 Å². The molecule has 36 heavy (non-hydrogen) atoms. The largest absolute Gasteiger partial charge is 0.351 e. The third-order valence-corrected chi connectivity index (χ3v) is 6.18. The predicted molar refractivity (Wildman–Crippen MR) is 133 cm³/mol. The van der Waals surface area contributed by atoms with Gasteiger partial charge in [0, 0.05) is 35.4 Å². The number of carbonyl (C=O) groups is 5. The first-order valence-corrected chi connectivity index (χ1v) is 11.6. The standard InChI is InChI=1S/C25H24ClN5O5/c1-13-7-15(12-27-25(36)29-16-4-3-14(2)18(26)10-16)9-17(8-13)28-19-11-22(33)31(24(19)35)20-5-6-21(32)30-23(20)34/h3-4,7-11,20,28H,5-6,12H2,1-2H3,(H2,27,29,36)(H,30,32,34). The molecular weight excluding hydrogens is 486 g/mol. The highest BCUT2D eigenvalue weighted by Crippen LogP contribution is 2.24. The van der Waals surface area contributed by atoms with Crippen LogP contribution >= 0.6 is 11.6 Å². The van der Waals surface area contributed by atoms with Crippen molar-refractivity contribution in [1.82, 2.24) is 15.5 Å².